The van der Waals surface area contributed by atoms with Crippen LogP contribution in [0.4, 0.5) is 0 Å². The van der Waals surface area contributed by atoms with Gasteiger partial charge in [-0.2, -0.15) is 0 Å². The van der Waals surface area contributed by atoms with Crippen molar-refractivity contribution < 1.29 is 14.3 Å². The molecule has 0 bridgehead atoms. The minimum Gasteiger partial charge on any atom is -0.456 e. The number of nitrogens with zero attached hydrogens (tertiary/aromatic N) is 1. The molecule has 2 N–H and O–H groups in total. The fourth-order valence-corrected chi connectivity index (χ4v) is 3.50. The lowest BCUT2D eigenvalue weighted by atomic mass is 9.99. The van der Waals surface area contributed by atoms with Gasteiger partial charge in [-0.3, -0.25) is 4.79 Å². The molecule has 0 aliphatic carbocycles. The molecule has 5 nitrogen and oxygen atoms in total. The van der Waals surface area contributed by atoms with E-state index in [-0.39, 0.29) is 0 Å². The number of carbonyl (C=O) groups excluding carboxylic acids is 2. The minimum atomic E-state index is -0.592. The molecule has 0 aliphatic rings. The molecule has 0 unspecified atom stereocenters. The van der Waals surface area contributed by atoms with Crippen molar-refractivity contribution in [3.05, 3.63) is 108 Å². The van der Waals surface area contributed by atoms with E-state index < -0.39 is 17.5 Å². The molecule has 0 aliphatic heterocycles. The largest absolute Gasteiger partial charge is 0.456 e. The normalized spacial score (nSPS) is 11.7. The number of aromatic nitrogens is 1. The molecule has 1 aromatic heterocycles. The Bertz CT molecular complexity index is 1230. The average Bonchev–Trinajstić information content (AvgIpc) is 3.02. The first kappa shape index (κ1) is 29.2. The number of carbonyl (C=O) groups is 2. The number of benzene rings is 1. The molecule has 35 heavy (non-hydrogen) atoms. The van der Waals surface area contributed by atoms with Crippen molar-refractivity contribution >= 4 is 22.8 Å². The van der Waals surface area contributed by atoms with Gasteiger partial charge in [0.05, 0.1) is 5.57 Å². The molecule has 0 radical (unpaired) electrons. The third kappa shape index (κ3) is 7.31. The number of amides is 1. The maximum Gasteiger partial charge on any atom is 0.338 e. The maximum absolute atomic E-state index is 12.5. The maximum atomic E-state index is 12.5. The van der Waals surface area contributed by atoms with Gasteiger partial charge in [-0.25, -0.2) is 4.79 Å². The first-order valence-corrected chi connectivity index (χ1v) is 11.3. The number of fused-ring (bicyclic) bond motifs is 1. The van der Waals surface area contributed by atoms with E-state index in [1.165, 1.54) is 0 Å². The highest BCUT2D eigenvalue weighted by Gasteiger charge is 2.21. The van der Waals surface area contributed by atoms with Crippen LogP contribution in [0.5, 0.6) is 0 Å². The van der Waals surface area contributed by atoms with Crippen molar-refractivity contribution in [2.75, 3.05) is 0 Å². The lowest BCUT2D eigenvalue weighted by Gasteiger charge is -2.21. The second-order valence-corrected chi connectivity index (χ2v) is 9.09. The number of hydrogen-bond donors (Lipinski definition) is 1. The van der Waals surface area contributed by atoms with E-state index in [0.717, 1.165) is 27.7 Å². The second kappa shape index (κ2) is 12.0. The summed E-state index contributed by atoms with van der Waals surface area (Å²) in [5.41, 5.74) is 10.9. The van der Waals surface area contributed by atoms with Crippen molar-refractivity contribution in [1.29, 1.82) is 0 Å². The zero-order valence-electron chi connectivity index (χ0n) is 22.0. The Labute approximate surface area is 209 Å². The summed E-state index contributed by atoms with van der Waals surface area (Å²) in [6, 6.07) is 5.47. The highest BCUT2D eigenvalue weighted by atomic mass is 16.6. The standard InChI is InChI=1S/C28H34N2O3.C2H4/c1-10-23(27(32)33-28(7,8)9)19(4)18(3)12-11-17(2)16-30-21(6)20(5)24-15-22(26(29)31)13-14-25(24)30;1-2/h10-15H,2-4,16H2,1,5-9H3,(H2,29,31);1-2H2/b12-11-,23-10+;. The average molecular weight is 475 g/mol. The summed E-state index contributed by atoms with van der Waals surface area (Å²) in [6.45, 7) is 30.1. The summed E-state index contributed by atoms with van der Waals surface area (Å²) >= 11 is 0. The first-order valence-electron chi connectivity index (χ1n) is 11.3. The molecule has 5 heteroatoms. The molecular weight excluding hydrogens is 436 g/mol. The van der Waals surface area contributed by atoms with Gasteiger partial charge in [0.25, 0.3) is 0 Å². The van der Waals surface area contributed by atoms with Gasteiger partial charge in [0.1, 0.15) is 5.60 Å². The fraction of sp³-hybridized carbons (Fsp3) is 0.267. The quantitative estimate of drug-likeness (QED) is 0.201. The van der Waals surface area contributed by atoms with Crippen molar-refractivity contribution in [2.45, 2.75) is 53.7 Å². The Morgan fingerprint density at radius 2 is 1.69 bits per heavy atom. The first-order chi connectivity index (χ1) is 16.3. The topological polar surface area (TPSA) is 74.3 Å². The highest BCUT2D eigenvalue weighted by molar-refractivity contribution is 5.98. The molecule has 0 atom stereocenters. The summed E-state index contributed by atoms with van der Waals surface area (Å²) in [4.78, 5) is 24.0. The molecule has 1 aromatic carbocycles. The van der Waals surface area contributed by atoms with E-state index >= 15 is 0 Å². The molecule has 186 valence electrons. The predicted molar refractivity (Wildman–Crippen MR) is 147 cm³/mol. The van der Waals surface area contributed by atoms with E-state index in [0.29, 0.717) is 28.8 Å². The molecule has 2 aromatic rings. The van der Waals surface area contributed by atoms with Gasteiger partial charge in [0.15, 0.2) is 0 Å². The van der Waals surface area contributed by atoms with Crippen LogP contribution in [-0.4, -0.2) is 22.0 Å². The van der Waals surface area contributed by atoms with Crippen molar-refractivity contribution in [1.82, 2.24) is 4.57 Å². The monoisotopic (exact) mass is 474 g/mol. The van der Waals surface area contributed by atoms with Crippen LogP contribution in [0.15, 0.2) is 91.6 Å². The number of ether oxygens (including phenoxy) is 1. The number of nitrogens with two attached hydrogens (primary N) is 1. The zero-order chi connectivity index (χ0) is 27.1. The minimum absolute atomic E-state index is 0.387. The summed E-state index contributed by atoms with van der Waals surface area (Å²) in [5.74, 6) is -0.872. The van der Waals surface area contributed by atoms with Gasteiger partial charge in [-0.05, 0) is 82.0 Å². The Morgan fingerprint density at radius 1 is 1.09 bits per heavy atom. The molecule has 2 rings (SSSR count). The summed E-state index contributed by atoms with van der Waals surface area (Å²) < 4.78 is 7.61. The van der Waals surface area contributed by atoms with Crippen LogP contribution in [-0.2, 0) is 16.1 Å². The van der Waals surface area contributed by atoms with E-state index in [2.05, 4.69) is 37.5 Å². The van der Waals surface area contributed by atoms with Crippen LogP contribution in [0.2, 0.25) is 0 Å². The Balaban J connectivity index is 0.00000298. The van der Waals surface area contributed by atoms with Crippen LogP contribution in [0.1, 0.15) is 49.3 Å². The van der Waals surface area contributed by atoms with Crippen LogP contribution in [0, 0.1) is 13.8 Å². The van der Waals surface area contributed by atoms with Gasteiger partial charge in [-0.1, -0.05) is 38.0 Å². The molecule has 0 saturated carbocycles. The molecule has 0 saturated heterocycles. The summed E-state index contributed by atoms with van der Waals surface area (Å²) in [7, 11) is 0. The SMILES string of the molecule is C=C.C=C(/C=C\C(=C)C(=C)/C(=C\C)C(=O)OC(C)(C)C)Cn1c(C)c(C)c2cc(C(N)=O)ccc21. The van der Waals surface area contributed by atoms with Gasteiger partial charge in [0, 0.05) is 28.7 Å². The molecule has 0 fully saturated rings. The van der Waals surface area contributed by atoms with Gasteiger partial charge in [0.2, 0.25) is 5.91 Å². The van der Waals surface area contributed by atoms with E-state index in [9.17, 15) is 9.59 Å². The van der Waals surface area contributed by atoms with E-state index in [1.807, 2.05) is 52.8 Å². The summed E-state index contributed by atoms with van der Waals surface area (Å²) in [6.07, 6.45) is 5.36. The number of primary amides is 1. The van der Waals surface area contributed by atoms with Gasteiger partial charge in [-0.15, -0.1) is 13.2 Å². The van der Waals surface area contributed by atoms with Gasteiger partial charge >= 0.3 is 5.97 Å². The third-order valence-electron chi connectivity index (χ3n) is 5.43. The Hall–Kier alpha value is -3.86. The number of aryl methyl sites for hydroxylation is 1. The van der Waals surface area contributed by atoms with Crippen molar-refractivity contribution in [2.24, 2.45) is 5.73 Å². The second-order valence-electron chi connectivity index (χ2n) is 9.09. The third-order valence-corrected chi connectivity index (χ3v) is 5.43. The molecule has 0 spiro atoms. The predicted octanol–water partition coefficient (Wildman–Crippen LogP) is 6.67. The number of hydrogen-bond acceptors (Lipinski definition) is 3. The smallest absolute Gasteiger partial charge is 0.338 e. The lowest BCUT2D eigenvalue weighted by molar-refractivity contribution is -0.149. The Morgan fingerprint density at radius 3 is 2.20 bits per heavy atom. The van der Waals surface area contributed by atoms with Crippen LogP contribution >= 0.6 is 0 Å². The highest BCUT2D eigenvalue weighted by Crippen LogP contribution is 2.27. The summed E-state index contributed by atoms with van der Waals surface area (Å²) in [5, 5.41) is 0.994. The van der Waals surface area contributed by atoms with E-state index in [1.54, 1.807) is 25.1 Å². The Kier molecular flexibility index (Phi) is 10.0. The van der Waals surface area contributed by atoms with Crippen LogP contribution in [0.25, 0.3) is 10.9 Å². The molecule has 1 heterocycles. The molecule has 1 amide bonds. The van der Waals surface area contributed by atoms with E-state index in [4.69, 9.17) is 10.5 Å². The van der Waals surface area contributed by atoms with Crippen LogP contribution in [0.3, 0.4) is 0 Å². The lowest BCUT2D eigenvalue weighted by Crippen LogP contribution is -2.25. The van der Waals surface area contributed by atoms with Gasteiger partial charge < -0.3 is 15.0 Å². The van der Waals surface area contributed by atoms with Crippen molar-refractivity contribution in [3.8, 4) is 0 Å². The fourth-order valence-electron chi connectivity index (χ4n) is 3.50. The molecular formula is C30H38N2O3. The number of esters is 1. The number of allylic oxidation sites excluding steroid dienone is 5. The van der Waals surface area contributed by atoms with Crippen LogP contribution < -0.4 is 5.73 Å². The van der Waals surface area contributed by atoms with Crippen molar-refractivity contribution in [3.63, 3.8) is 0 Å². The number of rotatable bonds is 8. The zero-order valence-corrected chi connectivity index (χ0v) is 22.0.